The lowest BCUT2D eigenvalue weighted by molar-refractivity contribution is -0.127. The molecule has 0 aliphatic rings. The molecule has 36 heavy (non-hydrogen) atoms. The molecule has 0 aliphatic heterocycles. The summed E-state index contributed by atoms with van der Waals surface area (Å²) in [4.78, 5) is 44.9. The summed E-state index contributed by atoms with van der Waals surface area (Å²) in [6, 6.07) is 15.9. The molecule has 3 rings (SSSR count). The first-order valence-corrected chi connectivity index (χ1v) is 11.5. The van der Waals surface area contributed by atoms with Crippen LogP contribution in [0.5, 0.6) is 5.75 Å². The number of methoxy groups -OCH3 is 1. The fraction of sp³-hybridized carbons (Fsp3) is 0.259. The molecule has 1 aromatic heterocycles. The van der Waals surface area contributed by atoms with E-state index in [-0.39, 0.29) is 18.9 Å². The SMILES string of the molecule is COc1ccccc1N(C(=O)CCC(=O)Nc1ccccn1)[C@H](C(=O)NC(C)C)c1ccc(F)cc1. The fourth-order valence-electron chi connectivity index (χ4n) is 3.66. The van der Waals surface area contributed by atoms with Crippen molar-refractivity contribution in [2.45, 2.75) is 38.8 Å². The number of pyridine rings is 1. The number of ether oxygens (including phenoxy) is 1. The van der Waals surface area contributed by atoms with Crippen LogP contribution in [0.4, 0.5) is 15.9 Å². The second-order valence-corrected chi connectivity index (χ2v) is 8.32. The Balaban J connectivity index is 1.97. The first-order chi connectivity index (χ1) is 17.3. The second kappa shape index (κ2) is 12.4. The summed E-state index contributed by atoms with van der Waals surface area (Å²) < 4.78 is 19.2. The van der Waals surface area contributed by atoms with Crippen LogP contribution >= 0.6 is 0 Å². The molecular formula is C27H29FN4O4. The summed E-state index contributed by atoms with van der Waals surface area (Å²) in [5, 5.41) is 5.49. The van der Waals surface area contributed by atoms with Crippen LogP contribution in [0.25, 0.3) is 0 Å². The minimum Gasteiger partial charge on any atom is -0.495 e. The molecule has 8 nitrogen and oxygen atoms in total. The highest BCUT2D eigenvalue weighted by atomic mass is 19.1. The van der Waals surface area contributed by atoms with Gasteiger partial charge in [0.25, 0.3) is 0 Å². The predicted molar refractivity (Wildman–Crippen MR) is 135 cm³/mol. The zero-order valence-electron chi connectivity index (χ0n) is 20.4. The maximum atomic E-state index is 13.7. The number of carbonyl (C=O) groups is 3. The normalized spacial score (nSPS) is 11.5. The monoisotopic (exact) mass is 492 g/mol. The summed E-state index contributed by atoms with van der Waals surface area (Å²) in [6.07, 6.45) is 1.22. The number of carbonyl (C=O) groups excluding carboxylic acids is 3. The Hall–Kier alpha value is -4.27. The number of rotatable bonds is 10. The van der Waals surface area contributed by atoms with Crippen molar-refractivity contribution < 1.29 is 23.5 Å². The van der Waals surface area contributed by atoms with E-state index in [0.29, 0.717) is 22.8 Å². The Labute approximate surface area is 209 Å². The Morgan fingerprint density at radius 3 is 2.31 bits per heavy atom. The van der Waals surface area contributed by atoms with Crippen molar-refractivity contribution >= 4 is 29.2 Å². The molecule has 0 saturated heterocycles. The molecule has 1 heterocycles. The van der Waals surface area contributed by atoms with Gasteiger partial charge in [0, 0.05) is 25.1 Å². The van der Waals surface area contributed by atoms with Crippen molar-refractivity contribution in [3.05, 3.63) is 84.3 Å². The van der Waals surface area contributed by atoms with Gasteiger partial charge in [-0.25, -0.2) is 9.37 Å². The van der Waals surface area contributed by atoms with Gasteiger partial charge in [-0.05, 0) is 55.8 Å². The molecule has 2 N–H and O–H groups in total. The second-order valence-electron chi connectivity index (χ2n) is 8.32. The number of hydrogen-bond donors (Lipinski definition) is 2. The van der Waals surface area contributed by atoms with E-state index >= 15 is 0 Å². The van der Waals surface area contributed by atoms with Gasteiger partial charge in [0.1, 0.15) is 23.4 Å². The molecule has 0 saturated carbocycles. The predicted octanol–water partition coefficient (Wildman–Crippen LogP) is 4.25. The molecule has 2 aromatic carbocycles. The van der Waals surface area contributed by atoms with E-state index in [4.69, 9.17) is 4.74 Å². The molecule has 0 unspecified atom stereocenters. The lowest BCUT2D eigenvalue weighted by atomic mass is 10.0. The Morgan fingerprint density at radius 2 is 1.67 bits per heavy atom. The van der Waals surface area contributed by atoms with Crippen LogP contribution in [0.1, 0.15) is 38.3 Å². The van der Waals surface area contributed by atoms with Gasteiger partial charge in [0.2, 0.25) is 17.7 Å². The largest absolute Gasteiger partial charge is 0.495 e. The molecule has 0 fully saturated rings. The van der Waals surface area contributed by atoms with Gasteiger partial charge in [-0.15, -0.1) is 0 Å². The number of benzene rings is 2. The van der Waals surface area contributed by atoms with Crippen LogP contribution in [-0.4, -0.2) is 35.9 Å². The van der Waals surface area contributed by atoms with Crippen molar-refractivity contribution in [2.24, 2.45) is 0 Å². The number of anilines is 2. The van der Waals surface area contributed by atoms with Gasteiger partial charge in [-0.1, -0.05) is 30.3 Å². The lowest BCUT2D eigenvalue weighted by Gasteiger charge is -2.33. The summed E-state index contributed by atoms with van der Waals surface area (Å²) >= 11 is 0. The molecule has 188 valence electrons. The Kier molecular flexibility index (Phi) is 9.10. The number of hydrogen-bond acceptors (Lipinski definition) is 5. The van der Waals surface area contributed by atoms with Crippen molar-refractivity contribution in [3.8, 4) is 5.75 Å². The van der Waals surface area contributed by atoms with E-state index in [9.17, 15) is 18.8 Å². The van der Waals surface area contributed by atoms with Gasteiger partial charge < -0.3 is 15.4 Å². The highest BCUT2D eigenvalue weighted by Crippen LogP contribution is 2.35. The third kappa shape index (κ3) is 6.88. The van der Waals surface area contributed by atoms with Crippen LogP contribution < -0.4 is 20.3 Å². The standard InChI is InChI=1S/C27H29FN4O4/c1-18(2)30-27(35)26(19-11-13-20(28)14-12-19)32(21-8-4-5-9-22(21)36-3)25(34)16-15-24(33)31-23-10-6-7-17-29-23/h4-14,17-18,26H,15-16H2,1-3H3,(H,30,35)(H,29,31,33)/t26-/m0/s1. The van der Waals surface area contributed by atoms with Crippen molar-refractivity contribution in [1.82, 2.24) is 10.3 Å². The molecule has 3 amide bonds. The van der Waals surface area contributed by atoms with E-state index < -0.39 is 29.6 Å². The van der Waals surface area contributed by atoms with Crippen molar-refractivity contribution in [2.75, 3.05) is 17.3 Å². The summed E-state index contributed by atoms with van der Waals surface area (Å²) in [6.45, 7) is 3.60. The fourth-order valence-corrected chi connectivity index (χ4v) is 3.66. The smallest absolute Gasteiger partial charge is 0.248 e. The third-order valence-corrected chi connectivity index (χ3v) is 5.23. The van der Waals surface area contributed by atoms with Gasteiger partial charge >= 0.3 is 0 Å². The van der Waals surface area contributed by atoms with E-state index in [1.807, 2.05) is 0 Å². The lowest BCUT2D eigenvalue weighted by Crippen LogP contribution is -2.46. The molecular weight excluding hydrogens is 463 g/mol. The molecule has 0 aliphatic carbocycles. The average molecular weight is 493 g/mol. The number of nitrogens with zero attached hydrogens (tertiary/aromatic N) is 2. The van der Waals surface area contributed by atoms with Gasteiger partial charge in [0.05, 0.1) is 12.8 Å². The number of halogens is 1. The van der Waals surface area contributed by atoms with Gasteiger partial charge in [0.15, 0.2) is 0 Å². The van der Waals surface area contributed by atoms with Crippen molar-refractivity contribution in [3.63, 3.8) is 0 Å². The van der Waals surface area contributed by atoms with E-state index in [0.717, 1.165) is 0 Å². The van der Waals surface area contributed by atoms with Crippen LogP contribution in [0, 0.1) is 5.82 Å². The van der Waals surface area contributed by atoms with Crippen LogP contribution in [0.3, 0.4) is 0 Å². The molecule has 9 heteroatoms. The molecule has 0 radical (unpaired) electrons. The minimum absolute atomic E-state index is 0.136. The van der Waals surface area contributed by atoms with Gasteiger partial charge in [-0.3, -0.25) is 19.3 Å². The van der Waals surface area contributed by atoms with Gasteiger partial charge in [-0.2, -0.15) is 0 Å². The third-order valence-electron chi connectivity index (χ3n) is 5.23. The summed E-state index contributed by atoms with van der Waals surface area (Å²) in [5.74, 6) is -1.06. The minimum atomic E-state index is -1.13. The quantitative estimate of drug-likeness (QED) is 0.441. The van der Waals surface area contributed by atoms with E-state index in [1.165, 1.54) is 36.3 Å². The zero-order valence-corrected chi connectivity index (χ0v) is 20.4. The summed E-state index contributed by atoms with van der Waals surface area (Å²) in [7, 11) is 1.46. The Morgan fingerprint density at radius 1 is 0.972 bits per heavy atom. The molecule has 0 spiro atoms. The maximum absolute atomic E-state index is 13.7. The number of aromatic nitrogens is 1. The van der Waals surface area contributed by atoms with Crippen LogP contribution in [0.15, 0.2) is 72.9 Å². The maximum Gasteiger partial charge on any atom is 0.248 e. The topological polar surface area (TPSA) is 101 Å². The summed E-state index contributed by atoms with van der Waals surface area (Å²) in [5.41, 5.74) is 0.759. The number of amides is 3. The zero-order chi connectivity index (χ0) is 26.1. The highest BCUT2D eigenvalue weighted by molar-refractivity contribution is 6.04. The first kappa shape index (κ1) is 26.3. The van der Waals surface area contributed by atoms with E-state index in [2.05, 4.69) is 15.6 Å². The Bertz CT molecular complexity index is 1190. The first-order valence-electron chi connectivity index (χ1n) is 11.5. The van der Waals surface area contributed by atoms with Crippen molar-refractivity contribution in [1.29, 1.82) is 0 Å². The molecule has 3 aromatic rings. The van der Waals surface area contributed by atoms with Crippen LogP contribution in [-0.2, 0) is 14.4 Å². The molecule has 1 atom stereocenters. The average Bonchev–Trinajstić information content (AvgIpc) is 2.86. The molecule has 0 bridgehead atoms. The van der Waals surface area contributed by atoms with E-state index in [1.54, 1.807) is 62.5 Å². The number of nitrogens with one attached hydrogen (secondary N) is 2. The number of para-hydroxylation sites is 2. The van der Waals surface area contributed by atoms with Crippen LogP contribution in [0.2, 0.25) is 0 Å². The highest BCUT2D eigenvalue weighted by Gasteiger charge is 2.34.